The third-order valence-electron chi connectivity index (χ3n) is 8.35. The van der Waals surface area contributed by atoms with E-state index in [0.717, 1.165) is 66.0 Å². The summed E-state index contributed by atoms with van der Waals surface area (Å²) < 4.78 is 0. The van der Waals surface area contributed by atoms with E-state index >= 15 is 0 Å². The minimum absolute atomic E-state index is 0.0374. The number of hydrogen-bond donors (Lipinski definition) is 1. The summed E-state index contributed by atoms with van der Waals surface area (Å²) in [5, 5.41) is 13.1. The van der Waals surface area contributed by atoms with Crippen LogP contribution in [0.15, 0.2) is 24.3 Å². The number of benzene rings is 1. The van der Waals surface area contributed by atoms with Gasteiger partial charge in [-0.3, -0.25) is 9.59 Å². The summed E-state index contributed by atoms with van der Waals surface area (Å²) >= 11 is 0. The van der Waals surface area contributed by atoms with Gasteiger partial charge in [0.2, 0.25) is 5.91 Å². The van der Waals surface area contributed by atoms with E-state index in [-0.39, 0.29) is 17.9 Å². The fraction of sp³-hybridized carbons (Fsp3) is 0.500. The molecule has 1 aromatic heterocycles. The van der Waals surface area contributed by atoms with Crippen molar-refractivity contribution in [2.24, 2.45) is 11.8 Å². The molecule has 7 rings (SSSR count). The highest BCUT2D eigenvalue weighted by Crippen LogP contribution is 2.47. The second-order valence-electron chi connectivity index (χ2n) is 10.8. The Hall–Kier alpha value is -3.40. The lowest BCUT2D eigenvalue weighted by atomic mass is 9.93. The molecule has 35 heavy (non-hydrogen) atoms. The van der Waals surface area contributed by atoms with Gasteiger partial charge in [-0.15, -0.1) is 0 Å². The molecule has 3 saturated carbocycles. The summed E-state index contributed by atoms with van der Waals surface area (Å²) in [6, 6.07) is 10.5. The molecule has 3 heterocycles. The van der Waals surface area contributed by atoms with Crippen molar-refractivity contribution >= 4 is 17.6 Å². The average molecular weight is 468 g/mol. The number of aromatic nitrogens is 1. The molecule has 1 atom stereocenters. The van der Waals surface area contributed by atoms with Gasteiger partial charge < -0.3 is 15.1 Å². The molecule has 0 radical (unpaired) electrons. The zero-order chi connectivity index (χ0) is 23.7. The van der Waals surface area contributed by atoms with Gasteiger partial charge >= 0.3 is 0 Å². The molecule has 3 aliphatic carbocycles. The third-order valence-corrected chi connectivity index (χ3v) is 8.35. The van der Waals surface area contributed by atoms with E-state index in [2.05, 4.69) is 21.2 Å². The topological polar surface area (TPSA) is 89.3 Å². The van der Waals surface area contributed by atoms with E-state index in [1.54, 1.807) is 0 Å². The second-order valence-corrected chi connectivity index (χ2v) is 10.8. The molecular formula is C28H29N5O2. The highest BCUT2D eigenvalue weighted by atomic mass is 16.2. The maximum atomic E-state index is 12.9. The predicted molar refractivity (Wildman–Crippen MR) is 131 cm³/mol. The number of carbonyl (C=O) groups is 2. The monoisotopic (exact) mass is 467 g/mol. The van der Waals surface area contributed by atoms with Gasteiger partial charge in [0.15, 0.2) is 0 Å². The SMILES string of the molecule is N#Cc1cc(-c2cccc3c2CNC3=O)c(C2CC2)nc1N1CCN(C(=O)C2CC2)[C@H](C2CC2)C1. The summed E-state index contributed by atoms with van der Waals surface area (Å²) in [7, 11) is 0. The number of hydrogen-bond acceptors (Lipinski definition) is 5. The molecule has 1 saturated heterocycles. The number of rotatable bonds is 5. The Bertz CT molecular complexity index is 1280. The molecule has 0 unspecified atom stereocenters. The second kappa shape index (κ2) is 7.81. The Morgan fingerprint density at radius 1 is 1.06 bits per heavy atom. The van der Waals surface area contributed by atoms with Crippen LogP contribution in [0.4, 0.5) is 5.82 Å². The minimum Gasteiger partial charge on any atom is -0.352 e. The largest absolute Gasteiger partial charge is 0.352 e. The molecule has 0 spiro atoms. The molecule has 7 heteroatoms. The zero-order valence-corrected chi connectivity index (χ0v) is 19.8. The van der Waals surface area contributed by atoms with Gasteiger partial charge in [-0.2, -0.15) is 5.26 Å². The number of carbonyl (C=O) groups excluding carboxylic acids is 2. The van der Waals surface area contributed by atoms with Crippen LogP contribution in [0.25, 0.3) is 11.1 Å². The summed E-state index contributed by atoms with van der Waals surface area (Å²) in [5.74, 6) is 2.28. The maximum absolute atomic E-state index is 12.9. The van der Waals surface area contributed by atoms with Crippen LogP contribution in [-0.2, 0) is 11.3 Å². The molecule has 2 aliphatic heterocycles. The number of pyridine rings is 1. The van der Waals surface area contributed by atoms with E-state index in [1.807, 2.05) is 24.3 Å². The molecule has 4 fully saturated rings. The first kappa shape index (κ1) is 20.9. The molecule has 5 aliphatic rings. The van der Waals surface area contributed by atoms with Gasteiger partial charge in [0.1, 0.15) is 11.9 Å². The number of anilines is 1. The fourth-order valence-electron chi connectivity index (χ4n) is 5.96. The molecular weight excluding hydrogens is 438 g/mol. The van der Waals surface area contributed by atoms with Crippen molar-refractivity contribution in [3.63, 3.8) is 0 Å². The van der Waals surface area contributed by atoms with Crippen molar-refractivity contribution in [3.05, 3.63) is 46.6 Å². The maximum Gasteiger partial charge on any atom is 0.251 e. The van der Waals surface area contributed by atoms with Crippen LogP contribution in [-0.4, -0.2) is 47.4 Å². The quantitative estimate of drug-likeness (QED) is 0.726. The van der Waals surface area contributed by atoms with Crippen molar-refractivity contribution < 1.29 is 9.59 Å². The first-order valence-electron chi connectivity index (χ1n) is 13.0. The highest BCUT2D eigenvalue weighted by Gasteiger charge is 2.45. The van der Waals surface area contributed by atoms with Crippen LogP contribution >= 0.6 is 0 Å². The van der Waals surface area contributed by atoms with Crippen LogP contribution in [0.3, 0.4) is 0 Å². The number of nitrogens with one attached hydrogen (secondary N) is 1. The molecule has 0 bridgehead atoms. The number of nitrogens with zero attached hydrogens (tertiary/aromatic N) is 4. The van der Waals surface area contributed by atoms with E-state index < -0.39 is 0 Å². The number of piperazine rings is 1. The minimum atomic E-state index is -0.0374. The van der Waals surface area contributed by atoms with Crippen molar-refractivity contribution in [1.82, 2.24) is 15.2 Å². The van der Waals surface area contributed by atoms with Gasteiger partial charge in [0, 0.05) is 49.1 Å². The van der Waals surface area contributed by atoms with E-state index in [9.17, 15) is 14.9 Å². The van der Waals surface area contributed by atoms with Crippen LogP contribution in [0.2, 0.25) is 0 Å². The molecule has 2 aromatic rings. The normalized spacial score (nSPS) is 23.6. The number of nitriles is 1. The summed E-state index contributed by atoms with van der Waals surface area (Å²) in [5.41, 5.74) is 5.34. The predicted octanol–water partition coefficient (Wildman–Crippen LogP) is 3.58. The van der Waals surface area contributed by atoms with Crippen LogP contribution in [0.5, 0.6) is 0 Å². The van der Waals surface area contributed by atoms with Crippen LogP contribution in [0, 0.1) is 23.2 Å². The van der Waals surface area contributed by atoms with E-state index in [4.69, 9.17) is 4.98 Å². The molecule has 178 valence electrons. The number of amides is 2. The lowest BCUT2D eigenvalue weighted by molar-refractivity contribution is -0.135. The lowest BCUT2D eigenvalue weighted by Crippen LogP contribution is -2.57. The van der Waals surface area contributed by atoms with Gasteiger partial charge in [-0.05, 0) is 67.7 Å². The van der Waals surface area contributed by atoms with Crippen molar-refractivity contribution in [2.75, 3.05) is 24.5 Å². The Balaban J connectivity index is 1.27. The molecule has 1 N–H and O–H groups in total. The molecule has 2 amide bonds. The Kier molecular flexibility index (Phi) is 4.67. The lowest BCUT2D eigenvalue weighted by Gasteiger charge is -2.43. The van der Waals surface area contributed by atoms with Crippen molar-refractivity contribution in [1.29, 1.82) is 5.26 Å². The van der Waals surface area contributed by atoms with E-state index in [0.29, 0.717) is 42.9 Å². The Morgan fingerprint density at radius 2 is 1.86 bits per heavy atom. The summed E-state index contributed by atoms with van der Waals surface area (Å²) in [4.78, 5) is 34.8. The Labute approximate surface area is 205 Å². The first-order valence-corrected chi connectivity index (χ1v) is 13.0. The Morgan fingerprint density at radius 3 is 2.57 bits per heavy atom. The third kappa shape index (κ3) is 3.58. The van der Waals surface area contributed by atoms with Gasteiger partial charge in [0.25, 0.3) is 5.91 Å². The average Bonchev–Trinajstić information content (AvgIpc) is 3.76. The summed E-state index contributed by atoms with van der Waals surface area (Å²) in [6.07, 6.45) is 6.64. The van der Waals surface area contributed by atoms with Gasteiger partial charge in [0.05, 0.1) is 17.3 Å². The summed E-state index contributed by atoms with van der Waals surface area (Å²) in [6.45, 7) is 2.70. The van der Waals surface area contributed by atoms with E-state index in [1.165, 1.54) is 12.8 Å². The van der Waals surface area contributed by atoms with Crippen molar-refractivity contribution in [2.45, 2.75) is 57.0 Å². The van der Waals surface area contributed by atoms with Gasteiger partial charge in [-0.1, -0.05) is 12.1 Å². The standard InChI is InChI=1S/C28H29N5O2/c29-13-19-12-22(20-2-1-3-21-23(20)14-30-27(21)34)25(17-6-7-17)31-26(19)32-10-11-33(28(35)18-8-9-18)24(15-32)16-4-5-16/h1-3,12,16-18,24H,4-11,14-15H2,(H,30,34)/t24-/m0/s1. The zero-order valence-electron chi connectivity index (χ0n) is 19.8. The van der Waals surface area contributed by atoms with Gasteiger partial charge in [-0.25, -0.2) is 4.98 Å². The molecule has 7 nitrogen and oxygen atoms in total. The van der Waals surface area contributed by atoms with Crippen molar-refractivity contribution in [3.8, 4) is 17.2 Å². The number of fused-ring (bicyclic) bond motifs is 1. The van der Waals surface area contributed by atoms with Crippen LogP contribution in [0.1, 0.15) is 71.6 Å². The fourth-order valence-corrected chi connectivity index (χ4v) is 5.96. The smallest absolute Gasteiger partial charge is 0.251 e. The highest BCUT2D eigenvalue weighted by molar-refractivity contribution is 6.00. The molecule has 1 aromatic carbocycles. The first-order chi connectivity index (χ1) is 17.1. The van der Waals surface area contributed by atoms with Crippen LogP contribution < -0.4 is 10.2 Å².